The van der Waals surface area contributed by atoms with E-state index in [0.717, 1.165) is 39.6 Å². The maximum absolute atomic E-state index is 6.28. The summed E-state index contributed by atoms with van der Waals surface area (Å²) < 4.78 is 4.01. The van der Waals surface area contributed by atoms with Crippen LogP contribution in [0.3, 0.4) is 0 Å². The lowest BCUT2D eigenvalue weighted by atomic mass is 10.0. The lowest BCUT2D eigenvalue weighted by Gasteiger charge is -2.12. The molecule has 96 valence electrons. The van der Waals surface area contributed by atoms with Gasteiger partial charge in [0.15, 0.2) is 0 Å². The summed E-state index contributed by atoms with van der Waals surface area (Å²) in [6.07, 6.45) is 1.96. The van der Waals surface area contributed by atoms with Crippen LogP contribution in [0.4, 0.5) is 0 Å². The average Bonchev–Trinajstić information content (AvgIpc) is 2.80. The molecule has 1 atom stereocenters. The lowest BCUT2D eigenvalue weighted by molar-refractivity contribution is 0.814. The minimum atomic E-state index is -0.190. The van der Waals surface area contributed by atoms with E-state index < -0.39 is 0 Å². The molecule has 3 nitrogen and oxygen atoms in total. The number of aryl methyl sites for hydroxylation is 2. The van der Waals surface area contributed by atoms with Gasteiger partial charge in [-0.2, -0.15) is 0 Å². The zero-order valence-electron chi connectivity index (χ0n) is 10.5. The molecule has 1 aromatic carbocycles. The van der Waals surface area contributed by atoms with Gasteiger partial charge >= 0.3 is 0 Å². The van der Waals surface area contributed by atoms with Crippen LogP contribution in [-0.4, -0.2) is 9.59 Å². The predicted molar refractivity (Wildman–Crippen MR) is 76.1 cm³/mol. The van der Waals surface area contributed by atoms with Gasteiger partial charge in [-0.05, 0) is 42.1 Å². The summed E-state index contributed by atoms with van der Waals surface area (Å²) in [4.78, 5) is 1.04. The van der Waals surface area contributed by atoms with Crippen molar-refractivity contribution in [1.29, 1.82) is 0 Å². The number of benzene rings is 1. The standard InChI is InChI=1S/C13H16ClN3S/c1-3-4-11-13(18-17-16-11)12(15)9-6-5-8(2)10(14)7-9/h5-7,12H,3-4,15H2,1-2H3. The molecule has 1 heterocycles. The summed E-state index contributed by atoms with van der Waals surface area (Å²) in [5.74, 6) is 0. The van der Waals surface area contributed by atoms with Crippen LogP contribution < -0.4 is 5.73 Å². The maximum Gasteiger partial charge on any atom is 0.0807 e. The number of nitrogens with zero attached hydrogens (tertiary/aromatic N) is 2. The number of aromatic nitrogens is 2. The highest BCUT2D eigenvalue weighted by molar-refractivity contribution is 7.05. The summed E-state index contributed by atoms with van der Waals surface area (Å²) in [7, 11) is 0. The summed E-state index contributed by atoms with van der Waals surface area (Å²) >= 11 is 7.51. The molecule has 0 saturated carbocycles. The average molecular weight is 282 g/mol. The van der Waals surface area contributed by atoms with Crippen molar-refractivity contribution in [2.75, 3.05) is 0 Å². The van der Waals surface area contributed by atoms with Gasteiger partial charge in [0.2, 0.25) is 0 Å². The van der Waals surface area contributed by atoms with Crippen LogP contribution in [0.25, 0.3) is 0 Å². The topological polar surface area (TPSA) is 51.8 Å². The Morgan fingerprint density at radius 1 is 1.44 bits per heavy atom. The minimum Gasteiger partial charge on any atom is -0.319 e. The molecule has 5 heteroatoms. The fourth-order valence-electron chi connectivity index (χ4n) is 1.82. The van der Waals surface area contributed by atoms with Crippen molar-refractivity contribution in [3.63, 3.8) is 0 Å². The van der Waals surface area contributed by atoms with E-state index in [2.05, 4.69) is 16.5 Å². The zero-order valence-corrected chi connectivity index (χ0v) is 12.1. The Balaban J connectivity index is 2.32. The minimum absolute atomic E-state index is 0.190. The molecule has 18 heavy (non-hydrogen) atoms. The van der Waals surface area contributed by atoms with E-state index >= 15 is 0 Å². The summed E-state index contributed by atoms with van der Waals surface area (Å²) in [5.41, 5.74) is 9.36. The van der Waals surface area contributed by atoms with Gasteiger partial charge < -0.3 is 5.73 Å². The van der Waals surface area contributed by atoms with Gasteiger partial charge in [0, 0.05) is 5.02 Å². The third-order valence-corrected chi connectivity index (χ3v) is 4.17. The quantitative estimate of drug-likeness (QED) is 0.933. The van der Waals surface area contributed by atoms with Crippen LogP contribution in [0.2, 0.25) is 5.02 Å². The first-order valence-electron chi connectivity index (χ1n) is 5.96. The highest BCUT2D eigenvalue weighted by Crippen LogP contribution is 2.28. The molecule has 0 bridgehead atoms. The van der Waals surface area contributed by atoms with Crippen LogP contribution in [0.15, 0.2) is 18.2 Å². The van der Waals surface area contributed by atoms with Crippen LogP contribution in [0.5, 0.6) is 0 Å². The fraction of sp³-hybridized carbons (Fsp3) is 0.385. The van der Waals surface area contributed by atoms with Crippen molar-refractivity contribution >= 4 is 23.1 Å². The molecule has 0 radical (unpaired) electrons. The molecule has 0 aliphatic heterocycles. The van der Waals surface area contributed by atoms with E-state index in [1.54, 1.807) is 0 Å². The number of rotatable bonds is 4. The summed E-state index contributed by atoms with van der Waals surface area (Å²) in [6.45, 7) is 4.10. The number of halogens is 1. The van der Waals surface area contributed by atoms with Crippen molar-refractivity contribution < 1.29 is 0 Å². The molecule has 2 N–H and O–H groups in total. The normalized spacial score (nSPS) is 12.7. The van der Waals surface area contributed by atoms with E-state index in [9.17, 15) is 0 Å². The summed E-state index contributed by atoms with van der Waals surface area (Å²) in [5, 5.41) is 4.90. The van der Waals surface area contributed by atoms with Crippen molar-refractivity contribution in [2.45, 2.75) is 32.7 Å². The van der Waals surface area contributed by atoms with Crippen molar-refractivity contribution in [3.8, 4) is 0 Å². The first-order chi connectivity index (χ1) is 8.63. The van der Waals surface area contributed by atoms with Gasteiger partial charge in [-0.1, -0.05) is 41.6 Å². The van der Waals surface area contributed by atoms with E-state index in [-0.39, 0.29) is 6.04 Å². The fourth-order valence-corrected chi connectivity index (χ4v) is 2.73. The molecule has 0 saturated heterocycles. The van der Waals surface area contributed by atoms with Crippen LogP contribution >= 0.6 is 23.1 Å². The molecule has 0 fully saturated rings. The van der Waals surface area contributed by atoms with Crippen LogP contribution in [0.1, 0.15) is 41.1 Å². The van der Waals surface area contributed by atoms with Gasteiger partial charge in [0.05, 0.1) is 16.6 Å². The second-order valence-electron chi connectivity index (χ2n) is 4.32. The largest absolute Gasteiger partial charge is 0.319 e. The second kappa shape index (κ2) is 5.78. The van der Waals surface area contributed by atoms with Gasteiger partial charge in [0.1, 0.15) is 0 Å². The smallest absolute Gasteiger partial charge is 0.0807 e. The molecule has 2 aromatic rings. The van der Waals surface area contributed by atoms with Gasteiger partial charge in [-0.25, -0.2) is 0 Å². The maximum atomic E-state index is 6.28. The molecule has 0 amide bonds. The van der Waals surface area contributed by atoms with E-state index in [0.29, 0.717) is 0 Å². The van der Waals surface area contributed by atoms with Gasteiger partial charge in [-0.3, -0.25) is 0 Å². The Morgan fingerprint density at radius 3 is 2.89 bits per heavy atom. The molecule has 2 rings (SSSR count). The molecular formula is C13H16ClN3S. The molecule has 0 spiro atoms. The lowest BCUT2D eigenvalue weighted by Crippen LogP contribution is -2.12. The van der Waals surface area contributed by atoms with E-state index in [1.807, 2.05) is 25.1 Å². The highest BCUT2D eigenvalue weighted by Gasteiger charge is 2.17. The van der Waals surface area contributed by atoms with E-state index in [1.165, 1.54) is 11.5 Å². The highest BCUT2D eigenvalue weighted by atomic mass is 35.5. The Labute approximate surface area is 116 Å². The Hall–Kier alpha value is -0.970. The summed E-state index contributed by atoms with van der Waals surface area (Å²) in [6, 6.07) is 5.74. The number of nitrogens with two attached hydrogens (primary N) is 1. The molecular weight excluding hydrogens is 266 g/mol. The SMILES string of the molecule is CCCc1nnsc1C(N)c1ccc(C)c(Cl)c1. The van der Waals surface area contributed by atoms with Crippen molar-refractivity contribution in [1.82, 2.24) is 9.59 Å². The monoisotopic (exact) mass is 281 g/mol. The number of hydrogen-bond donors (Lipinski definition) is 1. The second-order valence-corrected chi connectivity index (χ2v) is 5.51. The Bertz CT molecular complexity index is 539. The van der Waals surface area contributed by atoms with Crippen LogP contribution in [0, 0.1) is 6.92 Å². The first kappa shape index (κ1) is 13.5. The predicted octanol–water partition coefficient (Wildman–Crippen LogP) is 3.50. The van der Waals surface area contributed by atoms with Crippen molar-refractivity contribution in [2.24, 2.45) is 5.73 Å². The van der Waals surface area contributed by atoms with Gasteiger partial charge in [0.25, 0.3) is 0 Å². The third-order valence-electron chi connectivity index (χ3n) is 2.91. The zero-order chi connectivity index (χ0) is 13.1. The van der Waals surface area contributed by atoms with Crippen LogP contribution in [-0.2, 0) is 6.42 Å². The molecule has 0 aliphatic carbocycles. The van der Waals surface area contributed by atoms with Gasteiger partial charge in [-0.15, -0.1) is 5.10 Å². The molecule has 1 aromatic heterocycles. The number of hydrogen-bond acceptors (Lipinski definition) is 4. The first-order valence-corrected chi connectivity index (χ1v) is 7.11. The molecule has 1 unspecified atom stereocenters. The van der Waals surface area contributed by atoms with E-state index in [4.69, 9.17) is 17.3 Å². The van der Waals surface area contributed by atoms with Crippen molar-refractivity contribution in [3.05, 3.63) is 44.9 Å². The third kappa shape index (κ3) is 2.71. The Kier molecular flexibility index (Phi) is 4.32. The Morgan fingerprint density at radius 2 is 2.22 bits per heavy atom. The molecule has 0 aliphatic rings.